The largest absolute Gasteiger partial charge is 0.478 e. The standard InChI is InChI=1S/C29H37F6N3O2.C4H4O4/c1-36(13-6-7-17-39)25-11-15-38(16-12-25)26(22-8-4-3-5-9-22)27(40)37(2)14-10-21-18-23(28(30,31)32)20-24(19-21)29(33,34)35;5-3(6)1-2-4(7)8/h3-5,8-9,18-20,25-26,39H,6-7,10-17H2,1-2H3;1-2H,(H,5,6)(H,7,8)/b;2-1+. The molecule has 1 heterocycles. The highest BCUT2D eigenvalue weighted by molar-refractivity contribution is 5.89. The molecule has 0 saturated carbocycles. The third kappa shape index (κ3) is 13.3. The van der Waals surface area contributed by atoms with E-state index >= 15 is 0 Å². The molecular formula is C33H41F6N3O6. The topological polar surface area (TPSA) is 122 Å². The van der Waals surface area contributed by atoms with Crippen LogP contribution in [0.1, 0.15) is 54.0 Å². The first kappa shape index (κ1) is 40.2. The van der Waals surface area contributed by atoms with Gasteiger partial charge in [-0.15, -0.1) is 0 Å². The van der Waals surface area contributed by atoms with Crippen molar-refractivity contribution in [3.8, 4) is 0 Å². The van der Waals surface area contributed by atoms with Crippen molar-refractivity contribution in [1.82, 2.24) is 14.7 Å². The molecule has 1 aliphatic rings. The summed E-state index contributed by atoms with van der Waals surface area (Å²) in [6.45, 7) is 2.33. The molecule has 1 atom stereocenters. The molecule has 1 fully saturated rings. The van der Waals surface area contributed by atoms with Crippen molar-refractivity contribution in [1.29, 1.82) is 0 Å². The fourth-order valence-electron chi connectivity index (χ4n) is 5.31. The number of nitrogens with zero attached hydrogens (tertiary/aromatic N) is 3. The molecule has 1 unspecified atom stereocenters. The maximum atomic E-state index is 13.7. The first-order chi connectivity index (χ1) is 22.4. The van der Waals surface area contributed by atoms with Crippen molar-refractivity contribution in [2.75, 3.05) is 46.9 Å². The van der Waals surface area contributed by atoms with E-state index in [-0.39, 0.29) is 37.1 Å². The predicted octanol–water partition coefficient (Wildman–Crippen LogP) is 5.35. The molecule has 1 aliphatic heterocycles. The van der Waals surface area contributed by atoms with Gasteiger partial charge in [0.05, 0.1) is 11.1 Å². The number of aliphatic hydroxyl groups is 1. The fourth-order valence-corrected chi connectivity index (χ4v) is 5.31. The van der Waals surface area contributed by atoms with Crippen molar-refractivity contribution in [2.24, 2.45) is 0 Å². The van der Waals surface area contributed by atoms with Crippen LogP contribution in [0.3, 0.4) is 0 Å². The van der Waals surface area contributed by atoms with Gasteiger partial charge in [-0.3, -0.25) is 9.69 Å². The third-order valence-corrected chi connectivity index (χ3v) is 7.88. The molecule has 0 bridgehead atoms. The Labute approximate surface area is 275 Å². The molecule has 9 nitrogen and oxygen atoms in total. The SMILES string of the molecule is CN(CCc1cc(C(F)(F)F)cc(C(F)(F)F)c1)C(=O)C(c1ccccc1)N1CCC(N(C)CCCCO)CC1.O=C(O)/C=C/C(=O)O. The first-order valence-electron chi connectivity index (χ1n) is 15.2. The number of likely N-dealkylation sites (tertiary alicyclic amines) is 1. The van der Waals surface area contributed by atoms with Crippen LogP contribution in [0.15, 0.2) is 60.7 Å². The number of carboxylic acids is 2. The van der Waals surface area contributed by atoms with E-state index in [0.717, 1.165) is 37.8 Å². The Hall–Kier alpha value is -3.95. The predicted molar refractivity (Wildman–Crippen MR) is 165 cm³/mol. The molecule has 1 amide bonds. The number of likely N-dealkylation sites (N-methyl/N-ethyl adjacent to an activating group) is 1. The zero-order valence-corrected chi connectivity index (χ0v) is 26.7. The summed E-state index contributed by atoms with van der Waals surface area (Å²) in [5, 5.41) is 24.7. The van der Waals surface area contributed by atoms with Crippen LogP contribution in [0, 0.1) is 0 Å². The number of aliphatic carboxylic acids is 2. The van der Waals surface area contributed by atoms with Gasteiger partial charge in [0, 0.05) is 51.5 Å². The minimum absolute atomic E-state index is 0.0369. The zero-order valence-electron chi connectivity index (χ0n) is 26.7. The van der Waals surface area contributed by atoms with Crippen LogP contribution >= 0.6 is 0 Å². The molecule has 266 valence electrons. The molecule has 3 N–H and O–H groups in total. The number of carbonyl (C=O) groups excluding carboxylic acids is 1. The molecule has 1 saturated heterocycles. The molecule has 48 heavy (non-hydrogen) atoms. The summed E-state index contributed by atoms with van der Waals surface area (Å²) in [7, 11) is 3.58. The van der Waals surface area contributed by atoms with Gasteiger partial charge in [0.25, 0.3) is 0 Å². The molecule has 0 radical (unpaired) electrons. The van der Waals surface area contributed by atoms with Gasteiger partial charge in [-0.05, 0) is 75.0 Å². The maximum Gasteiger partial charge on any atom is 0.416 e. The van der Waals surface area contributed by atoms with Crippen LogP contribution in [0.2, 0.25) is 0 Å². The summed E-state index contributed by atoms with van der Waals surface area (Å²) in [6.07, 6.45) is -5.54. The lowest BCUT2D eigenvalue weighted by Gasteiger charge is -2.41. The van der Waals surface area contributed by atoms with Gasteiger partial charge in [-0.1, -0.05) is 30.3 Å². The van der Waals surface area contributed by atoms with Gasteiger partial charge in [0.2, 0.25) is 5.91 Å². The van der Waals surface area contributed by atoms with Crippen LogP contribution in [0.5, 0.6) is 0 Å². The molecule has 0 aromatic heterocycles. The average molecular weight is 690 g/mol. The summed E-state index contributed by atoms with van der Waals surface area (Å²) >= 11 is 0. The van der Waals surface area contributed by atoms with E-state index < -0.39 is 41.5 Å². The number of carbonyl (C=O) groups is 3. The van der Waals surface area contributed by atoms with E-state index in [9.17, 15) is 40.7 Å². The monoisotopic (exact) mass is 689 g/mol. The quantitative estimate of drug-likeness (QED) is 0.146. The minimum Gasteiger partial charge on any atom is -0.478 e. The Morgan fingerprint density at radius 3 is 1.83 bits per heavy atom. The molecule has 2 aromatic rings. The number of hydrogen-bond acceptors (Lipinski definition) is 6. The minimum atomic E-state index is -4.92. The lowest BCUT2D eigenvalue weighted by atomic mass is 9.97. The van der Waals surface area contributed by atoms with Gasteiger partial charge in [-0.25, -0.2) is 9.59 Å². The molecule has 3 rings (SSSR count). The summed E-state index contributed by atoms with van der Waals surface area (Å²) < 4.78 is 79.6. The molecule has 2 aromatic carbocycles. The number of aliphatic hydroxyl groups excluding tert-OH is 1. The van der Waals surface area contributed by atoms with Gasteiger partial charge in [-0.2, -0.15) is 26.3 Å². The lowest BCUT2D eigenvalue weighted by molar-refractivity contribution is -0.143. The lowest BCUT2D eigenvalue weighted by Crippen LogP contribution is -2.48. The molecular weight excluding hydrogens is 648 g/mol. The van der Waals surface area contributed by atoms with E-state index in [1.807, 2.05) is 30.3 Å². The Bertz CT molecular complexity index is 1310. The Morgan fingerprint density at radius 1 is 0.854 bits per heavy atom. The smallest absolute Gasteiger partial charge is 0.416 e. The number of amides is 1. The number of unbranched alkanes of at least 4 members (excludes halogenated alkanes) is 1. The van der Waals surface area contributed by atoms with Crippen LogP contribution in [-0.4, -0.2) is 101 Å². The Morgan fingerprint density at radius 2 is 1.38 bits per heavy atom. The van der Waals surface area contributed by atoms with Crippen molar-refractivity contribution in [3.05, 3.63) is 82.9 Å². The highest BCUT2D eigenvalue weighted by atomic mass is 19.4. The summed E-state index contributed by atoms with van der Waals surface area (Å²) in [5.74, 6) is -2.77. The van der Waals surface area contributed by atoms with Gasteiger partial charge in [0.15, 0.2) is 0 Å². The van der Waals surface area contributed by atoms with E-state index in [2.05, 4.69) is 16.8 Å². The molecule has 15 heteroatoms. The van der Waals surface area contributed by atoms with Crippen molar-refractivity contribution in [2.45, 2.75) is 56.5 Å². The van der Waals surface area contributed by atoms with Crippen LogP contribution in [-0.2, 0) is 33.2 Å². The third-order valence-electron chi connectivity index (χ3n) is 7.88. The second-order valence-electron chi connectivity index (χ2n) is 11.4. The normalized spacial score (nSPS) is 15.2. The van der Waals surface area contributed by atoms with E-state index in [0.29, 0.717) is 43.4 Å². The number of hydrogen-bond donors (Lipinski definition) is 3. The maximum absolute atomic E-state index is 13.7. The molecule has 0 spiro atoms. The first-order valence-corrected chi connectivity index (χ1v) is 15.2. The summed E-state index contributed by atoms with van der Waals surface area (Å²) in [6, 6.07) is 10.5. The Kier molecular flexibility index (Phi) is 15.5. The highest BCUT2D eigenvalue weighted by Gasteiger charge is 2.37. The van der Waals surface area contributed by atoms with Crippen molar-refractivity contribution >= 4 is 17.8 Å². The number of alkyl halides is 6. The van der Waals surface area contributed by atoms with Crippen molar-refractivity contribution < 1.29 is 56.0 Å². The number of benzene rings is 2. The van der Waals surface area contributed by atoms with Gasteiger partial charge >= 0.3 is 24.3 Å². The number of rotatable bonds is 13. The van der Waals surface area contributed by atoms with Crippen molar-refractivity contribution in [3.63, 3.8) is 0 Å². The van der Waals surface area contributed by atoms with Gasteiger partial charge < -0.3 is 25.1 Å². The number of carboxylic acid groups (broad SMARTS) is 2. The van der Waals surface area contributed by atoms with Crippen LogP contribution < -0.4 is 0 Å². The Balaban J connectivity index is 0.000000886. The fraction of sp³-hybridized carbons (Fsp3) is 0.485. The highest BCUT2D eigenvalue weighted by Crippen LogP contribution is 2.36. The van der Waals surface area contributed by atoms with Crippen LogP contribution in [0.4, 0.5) is 26.3 Å². The van der Waals surface area contributed by atoms with Gasteiger partial charge in [0.1, 0.15) is 6.04 Å². The summed E-state index contributed by atoms with van der Waals surface area (Å²) in [5.41, 5.74) is -2.08. The second kappa shape index (κ2) is 18.6. The van der Waals surface area contributed by atoms with Crippen LogP contribution in [0.25, 0.3) is 0 Å². The van der Waals surface area contributed by atoms with E-state index in [1.54, 1.807) is 0 Å². The second-order valence-corrected chi connectivity index (χ2v) is 11.4. The summed E-state index contributed by atoms with van der Waals surface area (Å²) in [4.78, 5) is 38.6. The zero-order chi connectivity index (χ0) is 36.1. The van der Waals surface area contributed by atoms with E-state index in [4.69, 9.17) is 15.3 Å². The van der Waals surface area contributed by atoms with E-state index in [1.165, 1.54) is 11.9 Å². The molecule has 0 aliphatic carbocycles. The number of halogens is 6. The average Bonchev–Trinajstić information content (AvgIpc) is 3.03. The number of piperidine rings is 1.